The van der Waals surface area contributed by atoms with Crippen molar-refractivity contribution in [2.24, 2.45) is 0 Å². The Hall–Kier alpha value is -2.17. The number of aromatic nitrogens is 2. The first-order valence-corrected chi connectivity index (χ1v) is 6.97. The van der Waals surface area contributed by atoms with Gasteiger partial charge in [0.1, 0.15) is 12.1 Å². The van der Waals surface area contributed by atoms with Crippen LogP contribution in [-0.4, -0.2) is 15.1 Å². The Morgan fingerprint density at radius 1 is 1.05 bits per heavy atom. The Balaban J connectivity index is 1.88. The minimum absolute atomic E-state index is 0.0258. The second-order valence-corrected chi connectivity index (χ2v) is 5.10. The molecule has 0 bridgehead atoms. The third-order valence-electron chi connectivity index (χ3n) is 3.33. The summed E-state index contributed by atoms with van der Waals surface area (Å²) in [7, 11) is 0. The largest absolute Gasteiger partial charge is 0.392 e. The van der Waals surface area contributed by atoms with Crippen LogP contribution in [0, 0.1) is 0 Å². The van der Waals surface area contributed by atoms with E-state index < -0.39 is 0 Å². The molecule has 5 heteroatoms. The molecular weight excluding hydrogens is 286 g/mol. The van der Waals surface area contributed by atoms with Crippen molar-refractivity contribution in [1.29, 1.82) is 0 Å². The van der Waals surface area contributed by atoms with Gasteiger partial charge in [-0.2, -0.15) is 0 Å². The molecule has 2 aromatic carbocycles. The molecule has 0 aliphatic carbocycles. The SMILES string of the molecule is OCc1ccccc1CNc1ncnc2cc(Cl)ccc12. The molecule has 0 atom stereocenters. The Morgan fingerprint density at radius 2 is 1.86 bits per heavy atom. The first kappa shape index (κ1) is 13.8. The molecule has 0 aliphatic heterocycles. The first-order valence-electron chi connectivity index (χ1n) is 6.59. The number of halogens is 1. The molecule has 106 valence electrons. The highest BCUT2D eigenvalue weighted by Crippen LogP contribution is 2.23. The highest BCUT2D eigenvalue weighted by atomic mass is 35.5. The molecule has 21 heavy (non-hydrogen) atoms. The molecule has 1 heterocycles. The van der Waals surface area contributed by atoms with Crippen molar-refractivity contribution in [3.63, 3.8) is 0 Å². The number of hydrogen-bond donors (Lipinski definition) is 2. The minimum Gasteiger partial charge on any atom is -0.392 e. The summed E-state index contributed by atoms with van der Waals surface area (Å²) >= 11 is 5.97. The molecule has 0 aliphatic rings. The first-order chi connectivity index (χ1) is 10.3. The summed E-state index contributed by atoms with van der Waals surface area (Å²) < 4.78 is 0. The summed E-state index contributed by atoms with van der Waals surface area (Å²) in [6, 6.07) is 13.3. The second kappa shape index (κ2) is 6.08. The van der Waals surface area contributed by atoms with Gasteiger partial charge in [0.2, 0.25) is 0 Å². The van der Waals surface area contributed by atoms with E-state index in [1.807, 2.05) is 42.5 Å². The van der Waals surface area contributed by atoms with E-state index in [2.05, 4.69) is 15.3 Å². The van der Waals surface area contributed by atoms with Gasteiger partial charge in [-0.3, -0.25) is 0 Å². The minimum atomic E-state index is 0.0258. The smallest absolute Gasteiger partial charge is 0.137 e. The monoisotopic (exact) mass is 299 g/mol. The summed E-state index contributed by atoms with van der Waals surface area (Å²) in [5, 5.41) is 14.2. The highest BCUT2D eigenvalue weighted by molar-refractivity contribution is 6.31. The number of anilines is 1. The van der Waals surface area contributed by atoms with Crippen LogP contribution in [0.15, 0.2) is 48.8 Å². The van der Waals surface area contributed by atoms with Gasteiger partial charge < -0.3 is 10.4 Å². The van der Waals surface area contributed by atoms with Gasteiger partial charge in [0, 0.05) is 17.0 Å². The number of nitrogens with one attached hydrogen (secondary N) is 1. The van der Waals surface area contributed by atoms with E-state index in [0.29, 0.717) is 11.6 Å². The van der Waals surface area contributed by atoms with Gasteiger partial charge in [0.05, 0.1) is 12.1 Å². The Bertz CT molecular complexity index is 776. The molecule has 0 saturated heterocycles. The van der Waals surface area contributed by atoms with Gasteiger partial charge >= 0.3 is 0 Å². The molecule has 0 saturated carbocycles. The molecule has 1 aromatic heterocycles. The predicted molar refractivity (Wildman–Crippen MR) is 84.2 cm³/mol. The summed E-state index contributed by atoms with van der Waals surface area (Å²) in [6.45, 7) is 0.615. The highest BCUT2D eigenvalue weighted by Gasteiger charge is 2.05. The van der Waals surface area contributed by atoms with Crippen molar-refractivity contribution in [3.8, 4) is 0 Å². The number of benzene rings is 2. The molecule has 4 nitrogen and oxygen atoms in total. The van der Waals surface area contributed by atoms with Crippen LogP contribution in [0.25, 0.3) is 10.9 Å². The van der Waals surface area contributed by atoms with Crippen molar-refractivity contribution in [2.45, 2.75) is 13.2 Å². The molecule has 0 spiro atoms. The zero-order chi connectivity index (χ0) is 14.7. The van der Waals surface area contributed by atoms with Crippen molar-refractivity contribution in [2.75, 3.05) is 5.32 Å². The normalized spacial score (nSPS) is 10.8. The lowest BCUT2D eigenvalue weighted by atomic mass is 10.1. The van der Waals surface area contributed by atoms with E-state index in [4.69, 9.17) is 11.6 Å². The van der Waals surface area contributed by atoms with E-state index >= 15 is 0 Å². The van der Waals surface area contributed by atoms with Crippen LogP contribution in [0.3, 0.4) is 0 Å². The number of hydrogen-bond acceptors (Lipinski definition) is 4. The summed E-state index contributed by atoms with van der Waals surface area (Å²) in [6.07, 6.45) is 1.51. The third-order valence-corrected chi connectivity index (χ3v) is 3.57. The fourth-order valence-corrected chi connectivity index (χ4v) is 2.40. The Labute approximate surface area is 127 Å². The van der Waals surface area contributed by atoms with Crippen LogP contribution in [0.1, 0.15) is 11.1 Å². The van der Waals surface area contributed by atoms with Gasteiger partial charge in [-0.15, -0.1) is 0 Å². The van der Waals surface area contributed by atoms with E-state index in [1.54, 1.807) is 0 Å². The van der Waals surface area contributed by atoms with Gasteiger partial charge in [-0.05, 0) is 29.3 Å². The molecule has 3 rings (SSSR count). The molecule has 0 fully saturated rings. The van der Waals surface area contributed by atoms with Crippen LogP contribution in [0.5, 0.6) is 0 Å². The maximum atomic E-state index is 9.35. The number of aliphatic hydroxyl groups excluding tert-OH is 1. The van der Waals surface area contributed by atoms with Crippen molar-refractivity contribution in [1.82, 2.24) is 9.97 Å². The number of fused-ring (bicyclic) bond motifs is 1. The second-order valence-electron chi connectivity index (χ2n) is 4.66. The molecule has 3 aromatic rings. The fourth-order valence-electron chi connectivity index (χ4n) is 2.23. The van der Waals surface area contributed by atoms with Crippen molar-refractivity contribution >= 4 is 28.3 Å². The zero-order valence-corrected chi connectivity index (χ0v) is 12.0. The molecule has 2 N–H and O–H groups in total. The number of nitrogens with zero attached hydrogens (tertiary/aromatic N) is 2. The zero-order valence-electron chi connectivity index (χ0n) is 11.3. The summed E-state index contributed by atoms with van der Waals surface area (Å²) in [4.78, 5) is 8.50. The van der Waals surface area contributed by atoms with Crippen LogP contribution < -0.4 is 5.32 Å². The Morgan fingerprint density at radius 3 is 2.67 bits per heavy atom. The lowest BCUT2D eigenvalue weighted by Crippen LogP contribution is -2.05. The summed E-state index contributed by atoms with van der Waals surface area (Å²) in [5.74, 6) is 0.754. The lowest BCUT2D eigenvalue weighted by molar-refractivity contribution is 0.280. The Kier molecular flexibility index (Phi) is 3.99. The lowest BCUT2D eigenvalue weighted by Gasteiger charge is -2.11. The average molecular weight is 300 g/mol. The quantitative estimate of drug-likeness (QED) is 0.775. The fraction of sp³-hybridized carbons (Fsp3) is 0.125. The third kappa shape index (κ3) is 2.96. The van der Waals surface area contributed by atoms with Gasteiger partial charge in [0.15, 0.2) is 0 Å². The molecular formula is C16H14ClN3O. The molecule has 0 radical (unpaired) electrons. The van der Waals surface area contributed by atoms with Gasteiger partial charge in [-0.25, -0.2) is 9.97 Å². The predicted octanol–water partition coefficient (Wildman–Crippen LogP) is 3.39. The average Bonchev–Trinajstić information content (AvgIpc) is 2.52. The van der Waals surface area contributed by atoms with Crippen LogP contribution in [0.4, 0.5) is 5.82 Å². The van der Waals surface area contributed by atoms with E-state index in [0.717, 1.165) is 27.8 Å². The maximum absolute atomic E-state index is 9.35. The number of aliphatic hydroxyl groups is 1. The van der Waals surface area contributed by atoms with Crippen LogP contribution >= 0.6 is 11.6 Å². The summed E-state index contributed by atoms with van der Waals surface area (Å²) in [5.41, 5.74) is 2.75. The van der Waals surface area contributed by atoms with E-state index in [1.165, 1.54) is 6.33 Å². The van der Waals surface area contributed by atoms with Crippen molar-refractivity contribution in [3.05, 3.63) is 64.9 Å². The van der Waals surface area contributed by atoms with Gasteiger partial charge in [-0.1, -0.05) is 35.9 Å². The van der Waals surface area contributed by atoms with Crippen LogP contribution in [-0.2, 0) is 13.2 Å². The maximum Gasteiger partial charge on any atom is 0.137 e. The molecule has 0 unspecified atom stereocenters. The van der Waals surface area contributed by atoms with Crippen LogP contribution in [0.2, 0.25) is 5.02 Å². The molecule has 0 amide bonds. The standard InChI is InChI=1S/C16H14ClN3O/c17-13-5-6-14-15(7-13)19-10-20-16(14)18-8-11-3-1-2-4-12(11)9-21/h1-7,10,21H,8-9H2,(H,18,19,20). The van der Waals surface area contributed by atoms with Gasteiger partial charge in [0.25, 0.3) is 0 Å². The van der Waals surface area contributed by atoms with Crippen molar-refractivity contribution < 1.29 is 5.11 Å². The topological polar surface area (TPSA) is 58.0 Å². The van der Waals surface area contributed by atoms with E-state index in [-0.39, 0.29) is 6.61 Å². The number of rotatable bonds is 4. The van der Waals surface area contributed by atoms with E-state index in [9.17, 15) is 5.11 Å².